The molecule has 3 unspecified atom stereocenters. The second-order valence-electron chi connectivity index (χ2n) is 4.48. The smallest absolute Gasteiger partial charge is 0.407 e. The average molecular weight is 306 g/mol. The minimum absolute atomic E-state index is 0.463. The van der Waals surface area contributed by atoms with Crippen LogP contribution in [-0.4, -0.2) is 85.2 Å². The maximum atomic E-state index is 11.1. The SMILES string of the molecule is O=C(O)CCN(CC(O)C1(C(=O)O)NC1C(=O)O)C(=O)O. The number of hydrogen-bond acceptors (Lipinski definition) is 6. The van der Waals surface area contributed by atoms with Crippen molar-refractivity contribution in [3.8, 4) is 0 Å². The minimum atomic E-state index is -2.18. The third-order valence-corrected chi connectivity index (χ3v) is 3.14. The number of carboxylic acids is 3. The summed E-state index contributed by atoms with van der Waals surface area (Å²) in [5, 5.41) is 47.1. The molecular formula is C10H14N2O9. The highest BCUT2D eigenvalue weighted by molar-refractivity contribution is 5.96. The highest BCUT2D eigenvalue weighted by Crippen LogP contribution is 2.31. The van der Waals surface area contributed by atoms with Crippen LogP contribution in [0.2, 0.25) is 0 Å². The molecule has 0 saturated carbocycles. The molecule has 1 fully saturated rings. The fourth-order valence-corrected chi connectivity index (χ4v) is 1.92. The van der Waals surface area contributed by atoms with E-state index >= 15 is 0 Å². The van der Waals surface area contributed by atoms with Gasteiger partial charge in [-0.3, -0.25) is 19.7 Å². The van der Waals surface area contributed by atoms with Crippen LogP contribution in [0.15, 0.2) is 0 Å². The van der Waals surface area contributed by atoms with E-state index in [9.17, 15) is 24.3 Å². The Bertz CT molecular complexity index is 479. The molecule has 1 rings (SSSR count). The van der Waals surface area contributed by atoms with Crippen LogP contribution in [0.3, 0.4) is 0 Å². The molecule has 0 radical (unpaired) electrons. The Kier molecular flexibility index (Phi) is 4.70. The maximum Gasteiger partial charge on any atom is 0.407 e. The second kappa shape index (κ2) is 5.93. The van der Waals surface area contributed by atoms with E-state index in [1.807, 2.05) is 0 Å². The van der Waals surface area contributed by atoms with Crippen molar-refractivity contribution in [3.63, 3.8) is 0 Å². The monoisotopic (exact) mass is 306 g/mol. The van der Waals surface area contributed by atoms with E-state index < -0.39 is 61.2 Å². The lowest BCUT2D eigenvalue weighted by Crippen LogP contribution is -2.50. The second-order valence-corrected chi connectivity index (χ2v) is 4.48. The predicted molar refractivity (Wildman–Crippen MR) is 62.8 cm³/mol. The summed E-state index contributed by atoms with van der Waals surface area (Å²) in [5.74, 6) is -4.40. The number of rotatable bonds is 8. The zero-order valence-electron chi connectivity index (χ0n) is 10.6. The molecule has 0 spiro atoms. The van der Waals surface area contributed by atoms with Crippen molar-refractivity contribution in [3.05, 3.63) is 0 Å². The summed E-state index contributed by atoms with van der Waals surface area (Å²) in [6.07, 6.45) is -3.93. The fraction of sp³-hybridized carbons (Fsp3) is 0.600. The molecule has 1 heterocycles. The molecule has 11 heteroatoms. The number of nitrogens with zero attached hydrogens (tertiary/aromatic N) is 1. The number of aliphatic hydroxyl groups excluding tert-OH is 1. The Labute approximate surface area is 117 Å². The normalized spacial score (nSPS) is 24.9. The molecule has 1 amide bonds. The summed E-state index contributed by atoms with van der Waals surface area (Å²) in [6, 6.07) is -1.54. The van der Waals surface area contributed by atoms with E-state index in [0.717, 1.165) is 0 Å². The lowest BCUT2D eigenvalue weighted by molar-refractivity contribution is -0.147. The van der Waals surface area contributed by atoms with E-state index in [1.165, 1.54) is 0 Å². The molecule has 0 aliphatic carbocycles. The Balaban J connectivity index is 2.79. The molecule has 0 aromatic heterocycles. The molecule has 3 atom stereocenters. The van der Waals surface area contributed by atoms with Gasteiger partial charge in [-0.1, -0.05) is 0 Å². The summed E-state index contributed by atoms with van der Waals surface area (Å²) >= 11 is 0. The number of amides is 1. The summed E-state index contributed by atoms with van der Waals surface area (Å²) in [4.78, 5) is 43.7. The van der Waals surface area contributed by atoms with E-state index in [2.05, 4.69) is 5.32 Å². The van der Waals surface area contributed by atoms with Crippen molar-refractivity contribution in [2.75, 3.05) is 13.1 Å². The Morgan fingerprint density at radius 2 is 1.71 bits per heavy atom. The van der Waals surface area contributed by atoms with Gasteiger partial charge < -0.3 is 30.4 Å². The van der Waals surface area contributed by atoms with E-state index in [0.29, 0.717) is 4.90 Å². The number of aliphatic hydroxyl groups is 1. The van der Waals surface area contributed by atoms with E-state index in [1.54, 1.807) is 0 Å². The molecule has 0 aromatic rings. The zero-order valence-corrected chi connectivity index (χ0v) is 10.6. The lowest BCUT2D eigenvalue weighted by atomic mass is 9.97. The first-order valence-electron chi connectivity index (χ1n) is 5.74. The fourth-order valence-electron chi connectivity index (χ4n) is 1.92. The quantitative estimate of drug-likeness (QED) is 0.265. The van der Waals surface area contributed by atoms with Gasteiger partial charge in [0, 0.05) is 6.54 Å². The van der Waals surface area contributed by atoms with Gasteiger partial charge in [-0.15, -0.1) is 0 Å². The predicted octanol–water partition coefficient (Wildman–Crippen LogP) is -2.32. The van der Waals surface area contributed by atoms with Gasteiger partial charge in [0.05, 0.1) is 13.0 Å². The number of nitrogens with one attached hydrogen (secondary N) is 1. The van der Waals surface area contributed by atoms with Crippen molar-refractivity contribution >= 4 is 24.0 Å². The van der Waals surface area contributed by atoms with Crippen LogP contribution in [0.1, 0.15) is 6.42 Å². The van der Waals surface area contributed by atoms with Gasteiger partial charge >= 0.3 is 24.0 Å². The topological polar surface area (TPSA) is 195 Å². The first-order valence-corrected chi connectivity index (χ1v) is 5.74. The van der Waals surface area contributed by atoms with Crippen LogP contribution in [0.5, 0.6) is 0 Å². The highest BCUT2D eigenvalue weighted by atomic mass is 16.4. The standard InChI is InChI=1S/C10H14N2O9/c13-4(3-12(9(20)21)2-1-5(14)15)10(8(18)19)6(11-10)7(16)17/h4,6,11,13H,1-3H2,(H,14,15)(H,16,17)(H,18,19)(H,20,21). The highest BCUT2D eigenvalue weighted by Gasteiger charge is 2.69. The number of carbonyl (C=O) groups is 4. The molecule has 1 aliphatic rings. The molecule has 0 bridgehead atoms. The minimum Gasteiger partial charge on any atom is -0.481 e. The van der Waals surface area contributed by atoms with Gasteiger partial charge in [-0.05, 0) is 0 Å². The summed E-state index contributed by atoms with van der Waals surface area (Å²) < 4.78 is 0. The summed E-state index contributed by atoms with van der Waals surface area (Å²) in [5.41, 5.74) is -2.18. The van der Waals surface area contributed by atoms with Gasteiger partial charge in [0.1, 0.15) is 12.1 Å². The van der Waals surface area contributed by atoms with Crippen molar-refractivity contribution in [2.45, 2.75) is 24.1 Å². The Hall–Kier alpha value is -2.40. The average Bonchev–Trinajstić information content (AvgIpc) is 3.10. The molecule has 6 N–H and O–H groups in total. The Morgan fingerprint density at radius 3 is 2.05 bits per heavy atom. The first kappa shape index (κ1) is 16.7. The molecular weight excluding hydrogens is 292 g/mol. The molecule has 11 nitrogen and oxygen atoms in total. The van der Waals surface area contributed by atoms with Crippen LogP contribution >= 0.6 is 0 Å². The maximum absolute atomic E-state index is 11.1. The van der Waals surface area contributed by atoms with Crippen LogP contribution < -0.4 is 5.32 Å². The van der Waals surface area contributed by atoms with Crippen molar-refractivity contribution in [1.29, 1.82) is 0 Å². The molecule has 21 heavy (non-hydrogen) atoms. The molecule has 0 aromatic carbocycles. The number of hydrogen-bond donors (Lipinski definition) is 6. The van der Waals surface area contributed by atoms with E-state index in [4.69, 9.17) is 20.4 Å². The summed E-state index contributed by atoms with van der Waals surface area (Å²) in [7, 11) is 0. The number of aliphatic carboxylic acids is 3. The van der Waals surface area contributed by atoms with Gasteiger partial charge in [-0.25, -0.2) is 4.79 Å². The number of carboxylic acid groups (broad SMARTS) is 4. The Morgan fingerprint density at radius 1 is 1.14 bits per heavy atom. The van der Waals surface area contributed by atoms with Crippen molar-refractivity contribution in [2.24, 2.45) is 0 Å². The third kappa shape index (κ3) is 3.38. The van der Waals surface area contributed by atoms with Crippen LogP contribution in [0.25, 0.3) is 0 Å². The van der Waals surface area contributed by atoms with Crippen LogP contribution in [0.4, 0.5) is 4.79 Å². The first-order chi connectivity index (χ1) is 9.62. The van der Waals surface area contributed by atoms with Crippen molar-refractivity contribution in [1.82, 2.24) is 10.2 Å². The van der Waals surface area contributed by atoms with Crippen LogP contribution in [-0.2, 0) is 14.4 Å². The largest absolute Gasteiger partial charge is 0.481 e. The van der Waals surface area contributed by atoms with Gasteiger partial charge in [0.15, 0.2) is 5.54 Å². The lowest BCUT2D eigenvalue weighted by Gasteiger charge is -2.24. The van der Waals surface area contributed by atoms with E-state index in [-0.39, 0.29) is 0 Å². The summed E-state index contributed by atoms with van der Waals surface area (Å²) in [6.45, 7) is -1.19. The molecule has 1 saturated heterocycles. The van der Waals surface area contributed by atoms with Gasteiger partial charge in [0.25, 0.3) is 0 Å². The van der Waals surface area contributed by atoms with Crippen molar-refractivity contribution < 1.29 is 44.7 Å². The third-order valence-electron chi connectivity index (χ3n) is 3.14. The van der Waals surface area contributed by atoms with Gasteiger partial charge in [-0.2, -0.15) is 0 Å². The van der Waals surface area contributed by atoms with Gasteiger partial charge in [0.2, 0.25) is 0 Å². The van der Waals surface area contributed by atoms with Crippen LogP contribution in [0, 0.1) is 0 Å². The molecule has 118 valence electrons. The molecule has 1 aliphatic heterocycles. The zero-order chi connectivity index (χ0) is 16.4.